The number of hydrogen-bond donors (Lipinski definition) is 4. The highest BCUT2D eigenvalue weighted by molar-refractivity contribution is 5.91. The zero-order chi connectivity index (χ0) is 36.4. The van der Waals surface area contributed by atoms with Gasteiger partial charge in [0, 0.05) is 23.7 Å². The molecule has 4 N–H and O–H groups in total. The Labute approximate surface area is 292 Å². The van der Waals surface area contributed by atoms with Crippen LogP contribution in [0.5, 0.6) is 23.0 Å². The fourth-order valence-electron chi connectivity index (χ4n) is 5.52. The molecule has 0 amide bonds. The van der Waals surface area contributed by atoms with E-state index in [0.29, 0.717) is 48.9 Å². The van der Waals surface area contributed by atoms with Crippen LogP contribution in [0.1, 0.15) is 40.2 Å². The largest absolute Gasteiger partial charge is 0.507 e. The summed E-state index contributed by atoms with van der Waals surface area (Å²) < 4.78 is 40.8. The molecule has 13 nitrogen and oxygen atoms in total. The first-order valence-corrected chi connectivity index (χ1v) is 17.0. The van der Waals surface area contributed by atoms with Crippen LogP contribution in [0.2, 0.25) is 0 Å². The molecule has 0 saturated carbocycles. The molecule has 1 aromatic heterocycles. The van der Waals surface area contributed by atoms with Gasteiger partial charge in [-0.15, -0.1) is 0 Å². The third-order valence-corrected chi connectivity index (χ3v) is 8.58. The second-order valence-electron chi connectivity index (χ2n) is 12.3. The van der Waals surface area contributed by atoms with E-state index in [-0.39, 0.29) is 35.7 Å². The second kappa shape index (κ2) is 18.5. The number of fused-ring (bicyclic) bond motifs is 1. The molecule has 1 saturated heterocycles. The Hall–Kier alpha value is -3.69. The van der Waals surface area contributed by atoms with Crippen LogP contribution in [0.15, 0.2) is 51.2 Å². The Bertz CT molecular complexity index is 1610. The van der Waals surface area contributed by atoms with Crippen molar-refractivity contribution in [2.24, 2.45) is 0 Å². The first-order chi connectivity index (χ1) is 24.0. The van der Waals surface area contributed by atoms with Crippen molar-refractivity contribution in [3.63, 3.8) is 0 Å². The van der Waals surface area contributed by atoms with Crippen molar-refractivity contribution in [1.29, 1.82) is 0 Å². The smallest absolute Gasteiger partial charge is 0.239 e. The van der Waals surface area contributed by atoms with Gasteiger partial charge in [0.25, 0.3) is 0 Å². The Balaban J connectivity index is 1.67. The second-order valence-corrected chi connectivity index (χ2v) is 12.3. The maximum Gasteiger partial charge on any atom is 0.239 e. The molecule has 13 heteroatoms. The highest BCUT2D eigenvalue weighted by atomic mass is 16.7. The van der Waals surface area contributed by atoms with Crippen molar-refractivity contribution in [2.45, 2.75) is 71.7 Å². The molecule has 50 heavy (non-hydrogen) atoms. The van der Waals surface area contributed by atoms with Gasteiger partial charge < -0.3 is 58.2 Å². The van der Waals surface area contributed by atoms with Crippen LogP contribution in [-0.2, 0) is 20.6 Å². The van der Waals surface area contributed by atoms with E-state index in [0.717, 1.165) is 25.2 Å². The summed E-state index contributed by atoms with van der Waals surface area (Å²) in [6.07, 6.45) is -4.87. The number of aromatic hydroxyl groups is 1. The zero-order valence-electron chi connectivity index (χ0n) is 29.7. The summed E-state index contributed by atoms with van der Waals surface area (Å²) in [5.41, 5.74) is 1.28. The van der Waals surface area contributed by atoms with Gasteiger partial charge in [0.15, 0.2) is 5.76 Å². The van der Waals surface area contributed by atoms with Crippen molar-refractivity contribution < 1.29 is 53.3 Å². The highest BCUT2D eigenvalue weighted by Gasteiger charge is 2.44. The van der Waals surface area contributed by atoms with Crippen LogP contribution in [0.25, 0.3) is 22.3 Å². The Morgan fingerprint density at radius 2 is 1.60 bits per heavy atom. The number of rotatable bonds is 18. The molecule has 0 spiro atoms. The van der Waals surface area contributed by atoms with Crippen LogP contribution in [0.4, 0.5) is 0 Å². The molecule has 3 aromatic rings. The molecular formula is C37H51NO12. The van der Waals surface area contributed by atoms with Crippen LogP contribution in [-0.4, -0.2) is 116 Å². The maximum atomic E-state index is 14.2. The summed E-state index contributed by atoms with van der Waals surface area (Å²) in [6, 6.07) is 8.03. The number of ether oxygens (including phenoxy) is 6. The fraction of sp³-hybridized carbons (Fsp3) is 0.541. The van der Waals surface area contributed by atoms with E-state index in [9.17, 15) is 25.2 Å². The molecule has 1 fully saturated rings. The Kier molecular flexibility index (Phi) is 14.5. The molecule has 0 aliphatic carbocycles. The van der Waals surface area contributed by atoms with Crippen LogP contribution >= 0.6 is 0 Å². The Morgan fingerprint density at radius 3 is 2.24 bits per heavy atom. The third kappa shape index (κ3) is 9.55. The SMILES string of the molecule is CCN(CC)CCOCCOCCOc1cc(O)c2c(=O)c(O[C@H]3O[C@H](C)[C@@H](O)[C@H](O)[C@@H]3O)c(-c3ccc(OC)cc3)oc2c1CC=C(C)C. The van der Waals surface area contributed by atoms with E-state index < -0.39 is 41.9 Å². The number of likely N-dealkylation sites (N-methyl/N-ethyl adjacent to an activating group) is 1. The topological polar surface area (TPSA) is 170 Å². The van der Waals surface area contributed by atoms with Gasteiger partial charge in [-0.2, -0.15) is 0 Å². The monoisotopic (exact) mass is 701 g/mol. The summed E-state index contributed by atoms with van der Waals surface area (Å²) in [7, 11) is 1.52. The summed E-state index contributed by atoms with van der Waals surface area (Å²) in [5, 5.41) is 42.3. The number of nitrogens with zero attached hydrogens (tertiary/aromatic N) is 1. The normalized spacial score (nSPS) is 20.6. The quantitative estimate of drug-likeness (QED) is 0.112. The molecule has 0 unspecified atom stereocenters. The van der Waals surface area contributed by atoms with Gasteiger partial charge in [0.2, 0.25) is 17.5 Å². The molecule has 2 aromatic carbocycles. The number of benzene rings is 2. The lowest BCUT2D eigenvalue weighted by atomic mass is 10.00. The number of phenolic OH excluding ortho intramolecular Hbond substituents is 1. The molecule has 0 radical (unpaired) electrons. The lowest BCUT2D eigenvalue weighted by Crippen LogP contribution is -2.58. The molecule has 1 aliphatic rings. The van der Waals surface area contributed by atoms with E-state index in [1.165, 1.54) is 20.1 Å². The lowest BCUT2D eigenvalue weighted by molar-refractivity contribution is -0.268. The molecule has 276 valence electrons. The number of aliphatic hydroxyl groups excluding tert-OH is 3. The molecule has 4 rings (SSSR count). The summed E-state index contributed by atoms with van der Waals surface area (Å²) in [6.45, 7) is 14.3. The van der Waals surface area contributed by atoms with Gasteiger partial charge in [-0.25, -0.2) is 0 Å². The Morgan fingerprint density at radius 1 is 0.940 bits per heavy atom. The fourth-order valence-corrected chi connectivity index (χ4v) is 5.52. The number of methoxy groups -OCH3 is 1. The predicted molar refractivity (Wildman–Crippen MR) is 187 cm³/mol. The average molecular weight is 702 g/mol. The minimum atomic E-state index is -1.70. The van der Waals surface area contributed by atoms with Crippen molar-refractivity contribution in [1.82, 2.24) is 4.90 Å². The number of hydrogen-bond acceptors (Lipinski definition) is 13. The number of allylic oxidation sites excluding steroid dienone is 2. The van der Waals surface area contributed by atoms with E-state index in [1.54, 1.807) is 24.3 Å². The van der Waals surface area contributed by atoms with Crippen LogP contribution < -0.4 is 19.6 Å². The zero-order valence-corrected chi connectivity index (χ0v) is 29.7. The van der Waals surface area contributed by atoms with Crippen LogP contribution in [0.3, 0.4) is 0 Å². The van der Waals surface area contributed by atoms with Crippen molar-refractivity contribution in [3.05, 3.63) is 57.8 Å². The van der Waals surface area contributed by atoms with Gasteiger partial charge in [0.05, 0.1) is 39.6 Å². The van der Waals surface area contributed by atoms with E-state index >= 15 is 0 Å². The maximum absolute atomic E-state index is 14.2. The highest BCUT2D eigenvalue weighted by Crippen LogP contribution is 2.40. The van der Waals surface area contributed by atoms with Crippen molar-refractivity contribution in [3.8, 4) is 34.3 Å². The minimum absolute atomic E-state index is 0.0199. The van der Waals surface area contributed by atoms with Crippen molar-refractivity contribution >= 4 is 11.0 Å². The molecule has 2 heterocycles. The molecule has 1 aliphatic heterocycles. The summed E-state index contributed by atoms with van der Waals surface area (Å²) in [4.78, 5) is 16.5. The molecule has 5 atom stereocenters. The van der Waals surface area contributed by atoms with E-state index in [2.05, 4.69) is 18.7 Å². The predicted octanol–water partition coefficient (Wildman–Crippen LogP) is 3.64. The van der Waals surface area contributed by atoms with Gasteiger partial charge >= 0.3 is 0 Å². The number of aliphatic hydroxyl groups is 3. The molecular weight excluding hydrogens is 650 g/mol. The van der Waals surface area contributed by atoms with Crippen LogP contribution in [0, 0.1) is 0 Å². The standard InChI is InChI=1S/C37H51NO12/c1-7-38(8-2)15-16-45-17-18-46-19-20-47-28-21-27(39)29-31(41)36(50-37-33(43)32(42)30(40)23(5)48-37)34(24-10-12-25(44-6)13-11-24)49-35(29)26(28)14-9-22(3)4/h9-13,21,23,30,32-33,37,39-40,42-43H,7-8,14-20H2,1-6H3/t23-,30-,32+,33+,37-/m1/s1. The van der Waals surface area contributed by atoms with Gasteiger partial charge in [-0.05, 0) is 64.5 Å². The van der Waals surface area contributed by atoms with Crippen molar-refractivity contribution in [2.75, 3.05) is 59.8 Å². The first kappa shape index (κ1) is 39.1. The van der Waals surface area contributed by atoms with Gasteiger partial charge in [-0.3, -0.25) is 4.79 Å². The third-order valence-electron chi connectivity index (χ3n) is 8.58. The number of phenols is 1. The van der Waals surface area contributed by atoms with E-state index in [1.807, 2.05) is 19.9 Å². The first-order valence-electron chi connectivity index (χ1n) is 17.0. The van der Waals surface area contributed by atoms with Gasteiger partial charge in [0.1, 0.15) is 53.1 Å². The van der Waals surface area contributed by atoms with E-state index in [4.69, 9.17) is 32.8 Å². The summed E-state index contributed by atoms with van der Waals surface area (Å²) in [5.74, 6) is 0.0662. The molecule has 0 bridgehead atoms. The average Bonchev–Trinajstić information content (AvgIpc) is 3.10. The minimum Gasteiger partial charge on any atom is -0.507 e. The summed E-state index contributed by atoms with van der Waals surface area (Å²) >= 11 is 0. The lowest BCUT2D eigenvalue weighted by Gasteiger charge is -2.38. The van der Waals surface area contributed by atoms with Gasteiger partial charge in [-0.1, -0.05) is 25.5 Å².